The van der Waals surface area contributed by atoms with Gasteiger partial charge in [-0.25, -0.2) is 4.57 Å². The fourth-order valence-electron chi connectivity index (χ4n) is 1.38. The Morgan fingerprint density at radius 1 is 1.50 bits per heavy atom. The third-order valence-corrected chi connectivity index (χ3v) is 3.85. The van der Waals surface area contributed by atoms with Crippen molar-refractivity contribution < 1.29 is 28.6 Å². The van der Waals surface area contributed by atoms with Crippen LogP contribution in [0.2, 0.25) is 6.32 Å². The Morgan fingerprint density at radius 2 is 2.17 bits per heavy atom. The van der Waals surface area contributed by atoms with Crippen molar-refractivity contribution in [2.75, 3.05) is 6.35 Å². The number of aliphatic hydroxyl groups excluding tert-OH is 1. The third-order valence-electron chi connectivity index (χ3n) is 2.40. The Labute approximate surface area is 105 Å². The molecule has 0 spiro atoms. The van der Waals surface area contributed by atoms with Crippen LogP contribution in [0, 0.1) is 0 Å². The van der Waals surface area contributed by atoms with Crippen LogP contribution in [0.5, 0.6) is 5.75 Å². The van der Waals surface area contributed by atoms with Gasteiger partial charge in [0.15, 0.2) is 6.35 Å². The van der Waals surface area contributed by atoms with E-state index in [9.17, 15) is 14.8 Å². The molecule has 8 heteroatoms. The summed E-state index contributed by atoms with van der Waals surface area (Å²) >= 11 is 0. The Morgan fingerprint density at radius 3 is 2.72 bits per heavy atom. The molecule has 1 heterocycles. The summed E-state index contributed by atoms with van der Waals surface area (Å²) in [5, 5.41) is 19.2. The summed E-state index contributed by atoms with van der Waals surface area (Å²) < 4.78 is 27.0. The summed E-state index contributed by atoms with van der Waals surface area (Å²) in [6.07, 6.45) is -2.71. The molecule has 0 bridgehead atoms. The van der Waals surface area contributed by atoms with Gasteiger partial charge in [-0.1, -0.05) is 18.2 Å². The average molecular weight is 270 g/mol. The lowest BCUT2D eigenvalue weighted by molar-refractivity contribution is -0.302. The minimum absolute atomic E-state index is 0.315. The second-order valence-electron chi connectivity index (χ2n) is 3.80. The van der Waals surface area contributed by atoms with Gasteiger partial charge in [0.1, 0.15) is 5.75 Å². The second-order valence-corrected chi connectivity index (χ2v) is 5.67. The molecule has 3 atom stereocenters. The van der Waals surface area contributed by atoms with Gasteiger partial charge in [0, 0.05) is 0 Å². The Kier molecular flexibility index (Phi) is 3.80. The van der Waals surface area contributed by atoms with Gasteiger partial charge in [0.2, 0.25) is 12.1 Å². The van der Waals surface area contributed by atoms with Gasteiger partial charge in [0.25, 0.3) is 0 Å². The summed E-state index contributed by atoms with van der Waals surface area (Å²) in [5.41, 5.74) is 0. The normalized spacial score (nSPS) is 36.2. The van der Waals surface area contributed by atoms with E-state index < -0.39 is 26.0 Å². The zero-order chi connectivity index (χ0) is 13.2. The first-order chi connectivity index (χ1) is 8.47. The van der Waals surface area contributed by atoms with Crippen LogP contribution in [0.15, 0.2) is 30.3 Å². The highest BCUT2D eigenvalue weighted by molar-refractivity contribution is 7.54. The standard InChI is InChI=1S/C10H12BO6P/c11-6-10(13)9(12)17-18(14,7-15-10)16-8-4-2-1-3-5-8/h1-5,9,12-13H,6-7H2/t9?,10-,18-/m1/s1. The largest absolute Gasteiger partial charge is 0.423 e. The van der Waals surface area contributed by atoms with Gasteiger partial charge in [-0.15, -0.1) is 0 Å². The average Bonchev–Trinajstić information content (AvgIpc) is 2.36. The third kappa shape index (κ3) is 2.76. The zero-order valence-corrected chi connectivity index (χ0v) is 10.3. The molecule has 1 aromatic carbocycles. The summed E-state index contributed by atoms with van der Waals surface area (Å²) in [5.74, 6) is -1.75. The molecule has 2 N–H and O–H groups in total. The van der Waals surface area contributed by atoms with Gasteiger partial charge >= 0.3 is 7.60 Å². The molecule has 0 aromatic heterocycles. The number of rotatable bonds is 3. The van der Waals surface area contributed by atoms with Gasteiger partial charge in [0.05, 0.1) is 7.85 Å². The lowest BCUT2D eigenvalue weighted by atomic mass is 9.96. The Balaban J connectivity index is 2.09. The van der Waals surface area contributed by atoms with Gasteiger partial charge < -0.3 is 19.5 Å². The number of hydrogen-bond donors (Lipinski definition) is 2. The van der Waals surface area contributed by atoms with Crippen molar-refractivity contribution in [1.82, 2.24) is 0 Å². The molecular weight excluding hydrogens is 258 g/mol. The molecule has 1 unspecified atom stereocenters. The van der Waals surface area contributed by atoms with Crippen molar-refractivity contribution in [3.63, 3.8) is 0 Å². The van der Waals surface area contributed by atoms with Crippen LogP contribution in [-0.2, 0) is 13.8 Å². The molecular formula is C10H12BO6P. The first-order valence-corrected chi connectivity index (χ1v) is 6.97. The lowest BCUT2D eigenvalue weighted by Crippen LogP contribution is -2.49. The van der Waals surface area contributed by atoms with E-state index in [0.29, 0.717) is 5.75 Å². The van der Waals surface area contributed by atoms with E-state index >= 15 is 0 Å². The van der Waals surface area contributed by atoms with Crippen molar-refractivity contribution in [3.8, 4) is 5.75 Å². The first kappa shape index (κ1) is 13.6. The van der Waals surface area contributed by atoms with Crippen LogP contribution >= 0.6 is 7.60 Å². The number of hydrogen-bond acceptors (Lipinski definition) is 6. The molecule has 0 amide bonds. The topological polar surface area (TPSA) is 85.2 Å². The van der Waals surface area contributed by atoms with Crippen molar-refractivity contribution in [1.29, 1.82) is 0 Å². The Bertz CT molecular complexity index is 455. The molecule has 6 nitrogen and oxygen atoms in total. The SMILES string of the molecule is [B]C[C@@]1(O)OC[P@@](=O)(Oc2ccccc2)OC1O. The molecule has 0 saturated carbocycles. The molecule has 18 heavy (non-hydrogen) atoms. The van der Waals surface area contributed by atoms with Crippen molar-refractivity contribution in [2.24, 2.45) is 0 Å². The quantitative estimate of drug-likeness (QED) is 0.625. The maximum absolute atomic E-state index is 12.1. The van der Waals surface area contributed by atoms with Crippen molar-refractivity contribution >= 4 is 15.4 Å². The van der Waals surface area contributed by atoms with Gasteiger partial charge in [-0.2, -0.15) is 0 Å². The van der Waals surface area contributed by atoms with Crippen LogP contribution < -0.4 is 4.52 Å². The minimum Gasteiger partial charge on any atom is -0.423 e. The first-order valence-electron chi connectivity index (χ1n) is 5.24. The van der Waals surface area contributed by atoms with Crippen LogP contribution in [-0.4, -0.2) is 36.5 Å². The predicted molar refractivity (Wildman–Crippen MR) is 63.2 cm³/mol. The molecule has 1 aromatic rings. The second kappa shape index (κ2) is 5.03. The summed E-state index contributed by atoms with van der Waals surface area (Å²) in [6.45, 7) is 0. The van der Waals surface area contributed by atoms with Crippen molar-refractivity contribution in [3.05, 3.63) is 30.3 Å². The molecule has 1 saturated heterocycles. The number of aliphatic hydroxyl groups is 2. The summed E-state index contributed by atoms with van der Waals surface area (Å²) in [4.78, 5) is 0. The molecule has 1 fully saturated rings. The molecule has 1 aliphatic rings. The minimum atomic E-state index is -3.67. The van der Waals surface area contributed by atoms with Crippen LogP contribution in [0.25, 0.3) is 0 Å². The number of para-hydroxylation sites is 1. The highest BCUT2D eigenvalue weighted by Gasteiger charge is 2.48. The lowest BCUT2D eigenvalue weighted by Gasteiger charge is -2.38. The van der Waals surface area contributed by atoms with E-state index in [1.807, 2.05) is 0 Å². The van der Waals surface area contributed by atoms with E-state index in [-0.39, 0.29) is 6.32 Å². The Hall–Kier alpha value is -0.845. The molecule has 2 rings (SSSR count). The highest BCUT2D eigenvalue weighted by atomic mass is 31.2. The molecule has 2 radical (unpaired) electrons. The van der Waals surface area contributed by atoms with E-state index in [2.05, 4.69) is 0 Å². The fourth-order valence-corrected chi connectivity index (χ4v) is 2.83. The fraction of sp³-hybridized carbons (Fsp3) is 0.400. The van der Waals surface area contributed by atoms with E-state index in [0.717, 1.165) is 0 Å². The molecule has 1 aliphatic heterocycles. The summed E-state index contributed by atoms with van der Waals surface area (Å²) in [7, 11) is 1.55. The van der Waals surface area contributed by atoms with Crippen molar-refractivity contribution in [2.45, 2.75) is 18.4 Å². The van der Waals surface area contributed by atoms with E-state index in [4.69, 9.17) is 21.6 Å². The number of benzene rings is 1. The van der Waals surface area contributed by atoms with Gasteiger partial charge in [-0.3, -0.25) is 4.52 Å². The highest BCUT2D eigenvalue weighted by Crippen LogP contribution is 2.54. The maximum atomic E-state index is 12.1. The smallest absolute Gasteiger partial charge is 0.407 e. The predicted octanol–water partition coefficient (Wildman–Crippen LogP) is 0.857. The van der Waals surface area contributed by atoms with Crippen LogP contribution in [0.3, 0.4) is 0 Å². The van der Waals surface area contributed by atoms with Crippen LogP contribution in [0.4, 0.5) is 0 Å². The van der Waals surface area contributed by atoms with Gasteiger partial charge in [-0.05, 0) is 18.5 Å². The zero-order valence-electron chi connectivity index (χ0n) is 9.43. The van der Waals surface area contributed by atoms with Crippen LogP contribution in [0.1, 0.15) is 0 Å². The van der Waals surface area contributed by atoms with E-state index in [1.54, 1.807) is 30.3 Å². The molecule has 96 valence electrons. The van der Waals surface area contributed by atoms with E-state index in [1.165, 1.54) is 0 Å². The summed E-state index contributed by atoms with van der Waals surface area (Å²) in [6, 6.07) is 8.32. The monoisotopic (exact) mass is 270 g/mol. The molecule has 0 aliphatic carbocycles. The maximum Gasteiger partial charge on any atom is 0.407 e. The number of ether oxygens (including phenoxy) is 1.